The minimum absolute atomic E-state index is 0.350. The van der Waals surface area contributed by atoms with Crippen LogP contribution in [0.1, 0.15) is 54.0 Å². The molecular formula is C17H27N3O. The predicted octanol–water partition coefficient (Wildman–Crippen LogP) is 3.61. The highest BCUT2D eigenvalue weighted by atomic mass is 16.3. The van der Waals surface area contributed by atoms with Crippen LogP contribution in [0.5, 0.6) is 0 Å². The van der Waals surface area contributed by atoms with E-state index in [4.69, 9.17) is 4.42 Å². The van der Waals surface area contributed by atoms with E-state index in [1.165, 1.54) is 16.7 Å². The second-order valence-electron chi connectivity index (χ2n) is 5.82. The van der Waals surface area contributed by atoms with E-state index in [1.807, 2.05) is 24.9 Å². The van der Waals surface area contributed by atoms with Gasteiger partial charge in [0.05, 0.1) is 6.20 Å². The molecule has 116 valence electrons. The first-order valence-corrected chi connectivity index (χ1v) is 7.80. The number of nitrogens with one attached hydrogen (secondary N) is 1. The zero-order chi connectivity index (χ0) is 15.4. The van der Waals surface area contributed by atoms with Gasteiger partial charge < -0.3 is 9.73 Å². The van der Waals surface area contributed by atoms with Crippen molar-refractivity contribution < 1.29 is 4.42 Å². The average molecular weight is 289 g/mol. The van der Waals surface area contributed by atoms with Crippen LogP contribution < -0.4 is 5.32 Å². The minimum atomic E-state index is 0.350. The van der Waals surface area contributed by atoms with Gasteiger partial charge in [-0.25, -0.2) is 0 Å². The van der Waals surface area contributed by atoms with Gasteiger partial charge in [0.2, 0.25) is 0 Å². The third-order valence-electron chi connectivity index (χ3n) is 4.09. The fourth-order valence-corrected chi connectivity index (χ4v) is 2.90. The Morgan fingerprint density at radius 3 is 2.57 bits per heavy atom. The number of aromatic nitrogens is 2. The molecule has 21 heavy (non-hydrogen) atoms. The average Bonchev–Trinajstić information content (AvgIpc) is 2.96. The van der Waals surface area contributed by atoms with Crippen molar-refractivity contribution >= 4 is 0 Å². The molecule has 4 nitrogen and oxygen atoms in total. The predicted molar refractivity (Wildman–Crippen MR) is 85.5 cm³/mol. The van der Waals surface area contributed by atoms with Crippen molar-refractivity contribution in [1.29, 1.82) is 0 Å². The molecule has 0 radical (unpaired) electrons. The van der Waals surface area contributed by atoms with Crippen LogP contribution in [-0.4, -0.2) is 16.3 Å². The topological polar surface area (TPSA) is 43.0 Å². The SMILES string of the molecule is CCCNC(CCc1cnn(C)c1)c1c(C)oc(C)c1C. The molecule has 4 heteroatoms. The van der Waals surface area contributed by atoms with Gasteiger partial charge in [-0.15, -0.1) is 0 Å². The molecule has 0 fully saturated rings. The Morgan fingerprint density at radius 1 is 1.29 bits per heavy atom. The molecule has 0 amide bonds. The molecule has 2 aromatic heterocycles. The summed E-state index contributed by atoms with van der Waals surface area (Å²) in [5, 5.41) is 7.92. The Balaban J connectivity index is 2.13. The zero-order valence-electron chi connectivity index (χ0n) is 13.9. The summed E-state index contributed by atoms with van der Waals surface area (Å²) >= 11 is 0. The van der Waals surface area contributed by atoms with Crippen LogP contribution in [0.25, 0.3) is 0 Å². The Bertz CT molecular complexity index is 583. The number of rotatable bonds is 7. The number of aryl methyl sites for hydroxylation is 4. The molecule has 0 aliphatic heterocycles. The molecule has 0 bridgehead atoms. The van der Waals surface area contributed by atoms with Crippen molar-refractivity contribution in [2.45, 2.75) is 53.0 Å². The second kappa shape index (κ2) is 6.94. The first kappa shape index (κ1) is 15.8. The molecule has 1 N–H and O–H groups in total. The summed E-state index contributed by atoms with van der Waals surface area (Å²) in [5.74, 6) is 2.08. The Kier molecular flexibility index (Phi) is 5.23. The highest BCUT2D eigenvalue weighted by molar-refractivity contribution is 5.34. The van der Waals surface area contributed by atoms with Crippen molar-refractivity contribution in [1.82, 2.24) is 15.1 Å². The third-order valence-corrected chi connectivity index (χ3v) is 4.09. The molecule has 0 saturated heterocycles. The van der Waals surface area contributed by atoms with Crippen LogP contribution >= 0.6 is 0 Å². The highest BCUT2D eigenvalue weighted by Gasteiger charge is 2.20. The molecule has 0 aliphatic rings. The van der Waals surface area contributed by atoms with Gasteiger partial charge in [-0.3, -0.25) is 4.68 Å². The molecule has 0 aliphatic carbocycles. The van der Waals surface area contributed by atoms with Gasteiger partial charge in [0.25, 0.3) is 0 Å². The van der Waals surface area contributed by atoms with E-state index in [1.54, 1.807) is 0 Å². The summed E-state index contributed by atoms with van der Waals surface area (Å²) in [4.78, 5) is 0. The van der Waals surface area contributed by atoms with E-state index in [0.717, 1.165) is 37.3 Å². The van der Waals surface area contributed by atoms with Crippen LogP contribution in [0.15, 0.2) is 16.8 Å². The number of hydrogen-bond acceptors (Lipinski definition) is 3. The van der Waals surface area contributed by atoms with Crippen LogP contribution in [0.2, 0.25) is 0 Å². The van der Waals surface area contributed by atoms with Crippen LogP contribution in [0.3, 0.4) is 0 Å². The standard InChI is InChI=1S/C17H27N3O/c1-6-9-18-16(8-7-15-10-19-20(5)11-15)17-12(2)13(3)21-14(17)4/h10-11,16,18H,6-9H2,1-5H3. The lowest BCUT2D eigenvalue weighted by Gasteiger charge is -2.19. The van der Waals surface area contributed by atoms with Gasteiger partial charge in [0, 0.05) is 24.8 Å². The first-order valence-electron chi connectivity index (χ1n) is 7.80. The molecular weight excluding hydrogens is 262 g/mol. The van der Waals surface area contributed by atoms with Gasteiger partial charge in [0.15, 0.2) is 0 Å². The largest absolute Gasteiger partial charge is 0.466 e. The fraction of sp³-hybridized carbons (Fsp3) is 0.588. The van der Waals surface area contributed by atoms with E-state index >= 15 is 0 Å². The van der Waals surface area contributed by atoms with Crippen molar-refractivity contribution in [3.8, 4) is 0 Å². The molecule has 0 spiro atoms. The highest BCUT2D eigenvalue weighted by Crippen LogP contribution is 2.29. The Hall–Kier alpha value is -1.55. The molecule has 1 unspecified atom stereocenters. The summed E-state index contributed by atoms with van der Waals surface area (Å²) in [6.45, 7) is 9.50. The van der Waals surface area contributed by atoms with Gasteiger partial charge in [-0.1, -0.05) is 6.92 Å². The van der Waals surface area contributed by atoms with Crippen molar-refractivity contribution in [2.24, 2.45) is 7.05 Å². The molecule has 1 atom stereocenters. The number of nitrogens with zero attached hydrogens (tertiary/aromatic N) is 2. The van der Waals surface area contributed by atoms with Gasteiger partial charge in [0.1, 0.15) is 11.5 Å². The monoisotopic (exact) mass is 289 g/mol. The maximum atomic E-state index is 5.81. The summed E-state index contributed by atoms with van der Waals surface area (Å²) in [6.07, 6.45) is 7.28. The van der Waals surface area contributed by atoms with E-state index in [-0.39, 0.29) is 0 Å². The lowest BCUT2D eigenvalue weighted by atomic mass is 9.96. The lowest BCUT2D eigenvalue weighted by Crippen LogP contribution is -2.23. The van der Waals surface area contributed by atoms with E-state index in [2.05, 4.69) is 37.4 Å². The maximum Gasteiger partial charge on any atom is 0.106 e. The van der Waals surface area contributed by atoms with E-state index in [0.29, 0.717) is 6.04 Å². The van der Waals surface area contributed by atoms with Gasteiger partial charge in [-0.05, 0) is 57.7 Å². The zero-order valence-corrected chi connectivity index (χ0v) is 13.9. The summed E-state index contributed by atoms with van der Waals surface area (Å²) < 4.78 is 7.67. The first-order chi connectivity index (χ1) is 10.0. The molecule has 0 aromatic carbocycles. The van der Waals surface area contributed by atoms with E-state index in [9.17, 15) is 0 Å². The van der Waals surface area contributed by atoms with Gasteiger partial charge >= 0.3 is 0 Å². The van der Waals surface area contributed by atoms with E-state index < -0.39 is 0 Å². The molecule has 2 aromatic rings. The molecule has 0 saturated carbocycles. The quantitative estimate of drug-likeness (QED) is 0.846. The van der Waals surface area contributed by atoms with Crippen LogP contribution in [0.4, 0.5) is 0 Å². The normalized spacial score (nSPS) is 12.8. The number of hydrogen-bond donors (Lipinski definition) is 1. The second-order valence-corrected chi connectivity index (χ2v) is 5.82. The Labute approximate surface area is 127 Å². The smallest absolute Gasteiger partial charge is 0.106 e. The van der Waals surface area contributed by atoms with Crippen molar-refractivity contribution in [3.63, 3.8) is 0 Å². The third kappa shape index (κ3) is 3.76. The summed E-state index contributed by atoms with van der Waals surface area (Å²) in [6, 6.07) is 0.350. The number of furan rings is 1. The Morgan fingerprint density at radius 2 is 2.05 bits per heavy atom. The van der Waals surface area contributed by atoms with Crippen molar-refractivity contribution in [2.75, 3.05) is 6.54 Å². The molecule has 2 heterocycles. The van der Waals surface area contributed by atoms with Crippen molar-refractivity contribution in [3.05, 3.63) is 40.6 Å². The van der Waals surface area contributed by atoms with Crippen LogP contribution in [-0.2, 0) is 13.5 Å². The van der Waals surface area contributed by atoms with Gasteiger partial charge in [-0.2, -0.15) is 5.10 Å². The van der Waals surface area contributed by atoms with Crippen LogP contribution in [0, 0.1) is 20.8 Å². The molecule has 2 rings (SSSR count). The summed E-state index contributed by atoms with van der Waals surface area (Å²) in [5.41, 5.74) is 3.91. The maximum absolute atomic E-state index is 5.81. The fourth-order valence-electron chi connectivity index (χ4n) is 2.90. The minimum Gasteiger partial charge on any atom is -0.466 e. The summed E-state index contributed by atoms with van der Waals surface area (Å²) in [7, 11) is 1.96. The lowest BCUT2D eigenvalue weighted by molar-refractivity contribution is 0.468.